The molecular formula is C20H30N2O4. The number of ether oxygens (including phenoxy) is 3. The third-order valence-electron chi connectivity index (χ3n) is 5.53. The third kappa shape index (κ3) is 4.30. The Morgan fingerprint density at radius 3 is 2.62 bits per heavy atom. The quantitative estimate of drug-likeness (QED) is 0.780. The minimum atomic E-state index is -0.732. The Kier molecular flexibility index (Phi) is 6.38. The van der Waals surface area contributed by atoms with E-state index in [1.807, 2.05) is 18.2 Å². The van der Waals surface area contributed by atoms with Gasteiger partial charge in [0.15, 0.2) is 0 Å². The average Bonchev–Trinajstić information content (AvgIpc) is 3.20. The van der Waals surface area contributed by atoms with E-state index >= 15 is 0 Å². The Morgan fingerprint density at radius 1 is 1.23 bits per heavy atom. The number of methoxy groups -OCH3 is 2. The molecule has 3 rings (SSSR count). The fourth-order valence-corrected chi connectivity index (χ4v) is 3.79. The van der Waals surface area contributed by atoms with Gasteiger partial charge in [-0.1, -0.05) is 0 Å². The highest BCUT2D eigenvalue weighted by Crippen LogP contribution is 2.30. The van der Waals surface area contributed by atoms with Gasteiger partial charge in [-0.15, -0.1) is 0 Å². The van der Waals surface area contributed by atoms with E-state index in [0.717, 1.165) is 43.0 Å². The van der Waals surface area contributed by atoms with Crippen LogP contribution in [0, 0.1) is 0 Å². The van der Waals surface area contributed by atoms with Gasteiger partial charge in [0.05, 0.1) is 13.2 Å². The fourth-order valence-electron chi connectivity index (χ4n) is 3.79. The van der Waals surface area contributed by atoms with Crippen LogP contribution >= 0.6 is 0 Å². The molecule has 1 aromatic carbocycles. The summed E-state index contributed by atoms with van der Waals surface area (Å²) < 4.78 is 17.1. The maximum atomic E-state index is 12.8. The van der Waals surface area contributed by atoms with E-state index in [1.54, 1.807) is 14.2 Å². The van der Waals surface area contributed by atoms with Crippen LogP contribution in [0.5, 0.6) is 11.5 Å². The molecule has 2 N–H and O–H groups in total. The summed E-state index contributed by atoms with van der Waals surface area (Å²) in [6.07, 6.45) is 6.22. The van der Waals surface area contributed by atoms with Crippen molar-refractivity contribution in [2.45, 2.75) is 56.8 Å². The van der Waals surface area contributed by atoms with Gasteiger partial charge in [0, 0.05) is 25.3 Å². The van der Waals surface area contributed by atoms with E-state index in [0.29, 0.717) is 19.4 Å². The first-order valence-electron chi connectivity index (χ1n) is 9.54. The second-order valence-electron chi connectivity index (χ2n) is 7.13. The standard InChI is InChI=1S/C20H30N2O4/c1-24-17-8-7-15(18(13-17)26-16-5-3-4-6-16)14-22-19(23)20(25-2)9-11-21-12-10-20/h7-8,13,16,21H,3-6,9-12,14H2,1-2H3,(H,22,23). The lowest BCUT2D eigenvalue weighted by atomic mass is 9.91. The first-order valence-corrected chi connectivity index (χ1v) is 9.54. The smallest absolute Gasteiger partial charge is 0.252 e. The third-order valence-corrected chi connectivity index (χ3v) is 5.53. The molecule has 1 saturated carbocycles. The van der Waals surface area contributed by atoms with Gasteiger partial charge in [-0.05, 0) is 63.7 Å². The molecule has 6 heteroatoms. The molecule has 2 aliphatic rings. The monoisotopic (exact) mass is 362 g/mol. The van der Waals surface area contributed by atoms with Gasteiger partial charge in [-0.25, -0.2) is 0 Å². The molecule has 2 fully saturated rings. The molecule has 0 spiro atoms. The molecular weight excluding hydrogens is 332 g/mol. The number of carbonyl (C=O) groups excluding carboxylic acids is 1. The van der Waals surface area contributed by atoms with Crippen molar-refractivity contribution in [3.63, 3.8) is 0 Å². The lowest BCUT2D eigenvalue weighted by Crippen LogP contribution is -2.53. The number of hydrogen-bond acceptors (Lipinski definition) is 5. The van der Waals surface area contributed by atoms with E-state index in [2.05, 4.69) is 10.6 Å². The van der Waals surface area contributed by atoms with Crippen LogP contribution in [-0.4, -0.2) is 44.9 Å². The summed E-state index contributed by atoms with van der Waals surface area (Å²) in [5, 5.41) is 6.32. The normalized spacial score (nSPS) is 19.9. The number of nitrogens with one attached hydrogen (secondary N) is 2. The number of carbonyl (C=O) groups is 1. The van der Waals surface area contributed by atoms with E-state index < -0.39 is 5.60 Å². The van der Waals surface area contributed by atoms with Crippen LogP contribution in [0.3, 0.4) is 0 Å². The average molecular weight is 362 g/mol. The Hall–Kier alpha value is -1.79. The number of piperidine rings is 1. The molecule has 1 aliphatic heterocycles. The van der Waals surface area contributed by atoms with Crippen molar-refractivity contribution in [1.82, 2.24) is 10.6 Å². The molecule has 144 valence electrons. The molecule has 1 amide bonds. The van der Waals surface area contributed by atoms with Gasteiger partial charge < -0.3 is 24.8 Å². The zero-order valence-corrected chi connectivity index (χ0v) is 15.8. The highest BCUT2D eigenvalue weighted by atomic mass is 16.5. The van der Waals surface area contributed by atoms with Crippen molar-refractivity contribution >= 4 is 5.91 Å². The van der Waals surface area contributed by atoms with Crippen molar-refractivity contribution in [2.24, 2.45) is 0 Å². The lowest BCUT2D eigenvalue weighted by Gasteiger charge is -2.34. The summed E-state index contributed by atoms with van der Waals surface area (Å²) in [6.45, 7) is 2.00. The fraction of sp³-hybridized carbons (Fsp3) is 0.650. The van der Waals surface area contributed by atoms with Crippen LogP contribution < -0.4 is 20.1 Å². The maximum Gasteiger partial charge on any atom is 0.252 e. The van der Waals surface area contributed by atoms with Crippen molar-refractivity contribution in [2.75, 3.05) is 27.3 Å². The highest BCUT2D eigenvalue weighted by Gasteiger charge is 2.39. The predicted molar refractivity (Wildman–Crippen MR) is 99.6 cm³/mol. The highest BCUT2D eigenvalue weighted by molar-refractivity contribution is 5.85. The van der Waals surface area contributed by atoms with Crippen molar-refractivity contribution in [3.8, 4) is 11.5 Å². The Morgan fingerprint density at radius 2 is 1.96 bits per heavy atom. The Balaban J connectivity index is 1.68. The van der Waals surface area contributed by atoms with Gasteiger partial charge in [-0.2, -0.15) is 0 Å². The van der Waals surface area contributed by atoms with Crippen molar-refractivity contribution < 1.29 is 19.0 Å². The van der Waals surface area contributed by atoms with Gasteiger partial charge in [0.1, 0.15) is 17.1 Å². The minimum absolute atomic E-state index is 0.0517. The van der Waals surface area contributed by atoms with E-state index in [9.17, 15) is 4.79 Å². The number of benzene rings is 1. The molecule has 1 aromatic rings. The van der Waals surface area contributed by atoms with Gasteiger partial charge >= 0.3 is 0 Å². The molecule has 0 bridgehead atoms. The van der Waals surface area contributed by atoms with Crippen LogP contribution in [0.15, 0.2) is 18.2 Å². The molecule has 1 aliphatic carbocycles. The summed E-state index contributed by atoms with van der Waals surface area (Å²) in [4.78, 5) is 12.8. The van der Waals surface area contributed by atoms with E-state index in [-0.39, 0.29) is 12.0 Å². The molecule has 0 aromatic heterocycles. The molecule has 0 unspecified atom stereocenters. The van der Waals surface area contributed by atoms with Gasteiger partial charge in [0.25, 0.3) is 5.91 Å². The summed E-state index contributed by atoms with van der Waals surface area (Å²) in [5.74, 6) is 1.51. The van der Waals surface area contributed by atoms with Crippen LogP contribution in [-0.2, 0) is 16.1 Å². The summed E-state index contributed by atoms with van der Waals surface area (Å²) in [7, 11) is 3.27. The molecule has 0 atom stereocenters. The summed E-state index contributed by atoms with van der Waals surface area (Å²) >= 11 is 0. The maximum absolute atomic E-state index is 12.8. The molecule has 1 heterocycles. The minimum Gasteiger partial charge on any atom is -0.497 e. The molecule has 0 radical (unpaired) electrons. The lowest BCUT2D eigenvalue weighted by molar-refractivity contribution is -0.146. The van der Waals surface area contributed by atoms with E-state index in [1.165, 1.54) is 12.8 Å². The van der Waals surface area contributed by atoms with Crippen molar-refractivity contribution in [1.29, 1.82) is 0 Å². The van der Waals surface area contributed by atoms with Crippen molar-refractivity contribution in [3.05, 3.63) is 23.8 Å². The Bertz CT molecular complexity index is 608. The zero-order valence-electron chi connectivity index (χ0n) is 15.8. The van der Waals surface area contributed by atoms with Crippen LogP contribution in [0.25, 0.3) is 0 Å². The molecule has 26 heavy (non-hydrogen) atoms. The summed E-state index contributed by atoms with van der Waals surface area (Å²) in [5.41, 5.74) is 0.232. The number of rotatable bonds is 7. The number of hydrogen-bond donors (Lipinski definition) is 2. The Labute approximate surface area is 155 Å². The summed E-state index contributed by atoms with van der Waals surface area (Å²) in [6, 6.07) is 5.78. The van der Waals surface area contributed by atoms with Crippen LogP contribution in [0.4, 0.5) is 0 Å². The molecule has 1 saturated heterocycles. The molecule has 6 nitrogen and oxygen atoms in total. The van der Waals surface area contributed by atoms with E-state index in [4.69, 9.17) is 14.2 Å². The first-order chi connectivity index (χ1) is 12.7. The van der Waals surface area contributed by atoms with Gasteiger partial charge in [-0.3, -0.25) is 4.79 Å². The second-order valence-corrected chi connectivity index (χ2v) is 7.13. The topological polar surface area (TPSA) is 68.8 Å². The first kappa shape index (κ1) is 19.0. The van der Waals surface area contributed by atoms with Crippen LogP contribution in [0.1, 0.15) is 44.1 Å². The zero-order chi connectivity index (χ0) is 18.4. The SMILES string of the molecule is COc1ccc(CNC(=O)C2(OC)CCNCC2)c(OC2CCCC2)c1. The largest absolute Gasteiger partial charge is 0.497 e. The predicted octanol–water partition coefficient (Wildman–Crippen LogP) is 2.40. The van der Waals surface area contributed by atoms with Gasteiger partial charge in [0.2, 0.25) is 0 Å². The number of amides is 1. The second kappa shape index (κ2) is 8.73. The van der Waals surface area contributed by atoms with Crippen LogP contribution in [0.2, 0.25) is 0 Å².